The highest BCUT2D eigenvalue weighted by Gasteiger charge is 2.24. The third-order valence-corrected chi connectivity index (χ3v) is 4.18. The van der Waals surface area contributed by atoms with E-state index in [9.17, 15) is 4.79 Å². The van der Waals surface area contributed by atoms with Gasteiger partial charge in [0.2, 0.25) is 5.89 Å². The third kappa shape index (κ3) is 3.06. The number of nitrogens with zero attached hydrogens (tertiary/aromatic N) is 2. The summed E-state index contributed by atoms with van der Waals surface area (Å²) in [6, 6.07) is 11.4. The molecule has 1 aliphatic heterocycles. The van der Waals surface area contributed by atoms with Gasteiger partial charge in [-0.1, -0.05) is 29.4 Å². The van der Waals surface area contributed by atoms with Crippen molar-refractivity contribution >= 4 is 22.7 Å². The van der Waals surface area contributed by atoms with Crippen molar-refractivity contribution in [2.45, 2.75) is 18.9 Å². The van der Waals surface area contributed by atoms with Crippen LogP contribution in [-0.4, -0.2) is 29.8 Å². The number of aromatic nitrogens is 2. The number of amides is 1. The average molecular weight is 339 g/mol. The van der Waals surface area contributed by atoms with Crippen LogP contribution in [0.4, 0.5) is 6.01 Å². The van der Waals surface area contributed by atoms with Gasteiger partial charge in [0.25, 0.3) is 5.91 Å². The first-order chi connectivity index (χ1) is 12.2. The molecule has 0 bridgehead atoms. The van der Waals surface area contributed by atoms with Crippen molar-refractivity contribution in [1.82, 2.24) is 10.2 Å². The van der Waals surface area contributed by atoms with Crippen LogP contribution < -0.4 is 10.1 Å². The van der Waals surface area contributed by atoms with Gasteiger partial charge in [0.05, 0.1) is 12.7 Å². The molecular weight excluding hydrogens is 322 g/mol. The van der Waals surface area contributed by atoms with Gasteiger partial charge < -0.3 is 13.9 Å². The molecular formula is C18H17N3O4. The minimum Gasteiger partial charge on any atom is -0.496 e. The molecule has 1 fully saturated rings. The number of anilines is 1. The molecule has 1 aromatic heterocycles. The number of carbonyl (C=O) groups excluding carboxylic acids is 1. The highest BCUT2D eigenvalue weighted by molar-refractivity contribution is 6.07. The Balaban J connectivity index is 1.59. The Morgan fingerprint density at radius 1 is 1.24 bits per heavy atom. The first kappa shape index (κ1) is 15.6. The largest absolute Gasteiger partial charge is 0.496 e. The predicted octanol–water partition coefficient (Wildman–Crippen LogP) is 3.34. The van der Waals surface area contributed by atoms with E-state index in [2.05, 4.69) is 15.5 Å². The van der Waals surface area contributed by atoms with Crippen molar-refractivity contribution in [2.75, 3.05) is 19.0 Å². The minimum atomic E-state index is -0.370. The Labute approximate surface area is 143 Å². The molecule has 0 aliphatic carbocycles. The zero-order valence-electron chi connectivity index (χ0n) is 13.7. The SMILES string of the molecule is COc1cc2ccccc2cc1C(=O)Nc1nnc([C@H]2CCCO2)o1. The molecule has 0 unspecified atom stereocenters. The summed E-state index contributed by atoms with van der Waals surface area (Å²) in [4.78, 5) is 12.6. The Bertz CT molecular complexity index is 916. The quantitative estimate of drug-likeness (QED) is 0.784. The summed E-state index contributed by atoms with van der Waals surface area (Å²) in [7, 11) is 1.53. The zero-order chi connectivity index (χ0) is 17.2. The van der Waals surface area contributed by atoms with Gasteiger partial charge in [0.1, 0.15) is 11.9 Å². The van der Waals surface area contributed by atoms with E-state index in [0.717, 1.165) is 23.6 Å². The molecule has 1 N–H and O–H groups in total. The van der Waals surface area contributed by atoms with Crippen LogP contribution in [0, 0.1) is 0 Å². The number of rotatable bonds is 4. The highest BCUT2D eigenvalue weighted by Crippen LogP contribution is 2.29. The molecule has 4 rings (SSSR count). The smallest absolute Gasteiger partial charge is 0.322 e. The van der Waals surface area contributed by atoms with Gasteiger partial charge in [-0.05, 0) is 35.7 Å². The number of benzene rings is 2. The average Bonchev–Trinajstić information content (AvgIpc) is 3.32. The Kier molecular flexibility index (Phi) is 4.07. The van der Waals surface area contributed by atoms with Crippen LogP contribution >= 0.6 is 0 Å². The lowest BCUT2D eigenvalue weighted by atomic mass is 10.1. The van der Waals surface area contributed by atoms with Gasteiger partial charge in [-0.3, -0.25) is 10.1 Å². The van der Waals surface area contributed by atoms with Crippen molar-refractivity contribution < 1.29 is 18.7 Å². The molecule has 0 spiro atoms. The van der Waals surface area contributed by atoms with Crippen molar-refractivity contribution in [3.05, 3.63) is 47.9 Å². The van der Waals surface area contributed by atoms with Crippen LogP contribution in [0.5, 0.6) is 5.75 Å². The van der Waals surface area contributed by atoms with Gasteiger partial charge in [-0.15, -0.1) is 5.10 Å². The summed E-state index contributed by atoms with van der Waals surface area (Å²) < 4.78 is 16.3. The monoisotopic (exact) mass is 339 g/mol. The minimum absolute atomic E-state index is 0.0470. The molecule has 2 aromatic carbocycles. The van der Waals surface area contributed by atoms with Crippen LogP contribution in [-0.2, 0) is 4.74 Å². The van der Waals surface area contributed by atoms with E-state index < -0.39 is 0 Å². The fourth-order valence-corrected chi connectivity index (χ4v) is 2.92. The zero-order valence-corrected chi connectivity index (χ0v) is 13.7. The second-order valence-corrected chi connectivity index (χ2v) is 5.80. The third-order valence-electron chi connectivity index (χ3n) is 4.18. The summed E-state index contributed by atoms with van der Waals surface area (Å²) >= 11 is 0. The van der Waals surface area contributed by atoms with Gasteiger partial charge in [-0.2, -0.15) is 0 Å². The number of hydrogen-bond acceptors (Lipinski definition) is 6. The van der Waals surface area contributed by atoms with E-state index in [-0.39, 0.29) is 18.0 Å². The number of methoxy groups -OCH3 is 1. The fourth-order valence-electron chi connectivity index (χ4n) is 2.92. The second kappa shape index (κ2) is 6.52. The standard InChI is InChI=1S/C18H17N3O4/c1-23-15-10-12-6-3-2-5-11(12)9-13(15)16(22)19-18-21-20-17(25-18)14-7-4-8-24-14/h2-3,5-6,9-10,14H,4,7-8H2,1H3,(H,19,21,22)/t14-/m1/s1. The Morgan fingerprint density at radius 3 is 2.76 bits per heavy atom. The molecule has 128 valence electrons. The van der Waals surface area contributed by atoms with Crippen LogP contribution in [0.25, 0.3) is 10.8 Å². The summed E-state index contributed by atoms with van der Waals surface area (Å²) in [5.41, 5.74) is 0.401. The van der Waals surface area contributed by atoms with Crippen molar-refractivity contribution in [3.63, 3.8) is 0 Å². The van der Waals surface area contributed by atoms with Gasteiger partial charge >= 0.3 is 6.01 Å². The number of nitrogens with one attached hydrogen (secondary N) is 1. The summed E-state index contributed by atoms with van der Waals surface area (Å²) in [6.07, 6.45) is 1.62. The first-order valence-electron chi connectivity index (χ1n) is 8.08. The lowest BCUT2D eigenvalue weighted by molar-refractivity contribution is 0.0893. The Hall–Kier alpha value is -2.93. The number of fused-ring (bicyclic) bond motifs is 1. The van der Waals surface area contributed by atoms with E-state index in [4.69, 9.17) is 13.9 Å². The molecule has 1 aliphatic rings. The maximum Gasteiger partial charge on any atom is 0.322 e. The lowest BCUT2D eigenvalue weighted by Gasteiger charge is -2.09. The predicted molar refractivity (Wildman–Crippen MR) is 90.7 cm³/mol. The number of hydrogen-bond donors (Lipinski definition) is 1. The van der Waals surface area contributed by atoms with Crippen LogP contribution in [0.3, 0.4) is 0 Å². The molecule has 1 atom stereocenters. The number of ether oxygens (including phenoxy) is 2. The fraction of sp³-hybridized carbons (Fsp3) is 0.278. The van der Waals surface area contributed by atoms with E-state index >= 15 is 0 Å². The van der Waals surface area contributed by atoms with Gasteiger partial charge in [0.15, 0.2) is 0 Å². The van der Waals surface area contributed by atoms with E-state index in [0.29, 0.717) is 23.8 Å². The number of carbonyl (C=O) groups is 1. The normalized spacial score (nSPS) is 16.9. The first-order valence-corrected chi connectivity index (χ1v) is 8.08. The molecule has 0 saturated carbocycles. The van der Waals surface area contributed by atoms with Gasteiger partial charge in [0, 0.05) is 6.61 Å². The van der Waals surface area contributed by atoms with Crippen LogP contribution in [0.2, 0.25) is 0 Å². The maximum absolute atomic E-state index is 12.6. The molecule has 1 amide bonds. The topological polar surface area (TPSA) is 86.5 Å². The van der Waals surface area contributed by atoms with Crippen molar-refractivity contribution in [1.29, 1.82) is 0 Å². The van der Waals surface area contributed by atoms with Crippen molar-refractivity contribution in [3.8, 4) is 5.75 Å². The van der Waals surface area contributed by atoms with Crippen LogP contribution in [0.1, 0.15) is 35.2 Å². The molecule has 25 heavy (non-hydrogen) atoms. The van der Waals surface area contributed by atoms with Crippen molar-refractivity contribution in [2.24, 2.45) is 0 Å². The van der Waals surface area contributed by atoms with E-state index in [1.54, 1.807) is 6.07 Å². The highest BCUT2D eigenvalue weighted by atomic mass is 16.5. The van der Waals surface area contributed by atoms with Gasteiger partial charge in [-0.25, -0.2) is 0 Å². The van der Waals surface area contributed by atoms with Crippen LogP contribution in [0.15, 0.2) is 40.8 Å². The molecule has 7 heteroatoms. The van der Waals surface area contributed by atoms with E-state index in [1.165, 1.54) is 7.11 Å². The summed E-state index contributed by atoms with van der Waals surface area (Å²) in [6.45, 7) is 0.684. The summed E-state index contributed by atoms with van der Waals surface area (Å²) in [5, 5.41) is 12.4. The molecule has 2 heterocycles. The summed E-state index contributed by atoms with van der Waals surface area (Å²) in [5.74, 6) is 0.499. The second-order valence-electron chi connectivity index (χ2n) is 5.80. The molecule has 3 aromatic rings. The maximum atomic E-state index is 12.6. The Morgan fingerprint density at radius 2 is 2.04 bits per heavy atom. The lowest BCUT2D eigenvalue weighted by Crippen LogP contribution is -2.13. The molecule has 0 radical (unpaired) electrons. The molecule has 1 saturated heterocycles. The molecule has 7 nitrogen and oxygen atoms in total. The van der Waals surface area contributed by atoms with E-state index in [1.807, 2.05) is 30.3 Å².